The monoisotopic (exact) mass is 226 g/mol. The van der Waals surface area contributed by atoms with Crippen molar-refractivity contribution < 1.29 is 5.11 Å². The van der Waals surface area contributed by atoms with Crippen molar-refractivity contribution in [3.8, 4) is 0 Å². The molecule has 0 spiro atoms. The second-order valence-corrected chi connectivity index (χ2v) is 5.69. The Hall–Kier alpha value is -0.120. The van der Waals surface area contributed by atoms with Gasteiger partial charge in [-0.25, -0.2) is 0 Å². The lowest BCUT2D eigenvalue weighted by atomic mass is 9.98. The molecule has 0 bridgehead atoms. The average molecular weight is 226 g/mol. The second-order valence-electron chi connectivity index (χ2n) is 5.69. The van der Waals surface area contributed by atoms with Crippen molar-refractivity contribution in [2.75, 3.05) is 32.8 Å². The molecular formula is C13H26N2O. The molecule has 0 aromatic heterocycles. The number of nitrogens with one attached hydrogen (secondary N) is 1. The molecule has 0 radical (unpaired) electrons. The van der Waals surface area contributed by atoms with Crippen LogP contribution in [0.1, 0.15) is 32.6 Å². The summed E-state index contributed by atoms with van der Waals surface area (Å²) in [6.45, 7) is 7.18. The van der Waals surface area contributed by atoms with E-state index < -0.39 is 0 Å². The molecule has 2 rings (SSSR count). The van der Waals surface area contributed by atoms with Gasteiger partial charge in [0.05, 0.1) is 0 Å². The van der Waals surface area contributed by atoms with E-state index in [1.54, 1.807) is 0 Å². The van der Waals surface area contributed by atoms with Gasteiger partial charge in [-0.1, -0.05) is 6.92 Å². The number of aliphatic hydroxyl groups excluding tert-OH is 1. The fourth-order valence-electron chi connectivity index (χ4n) is 2.68. The molecule has 0 amide bonds. The van der Waals surface area contributed by atoms with E-state index in [-0.39, 0.29) is 0 Å². The Labute approximate surface area is 99.2 Å². The summed E-state index contributed by atoms with van der Waals surface area (Å²) >= 11 is 0. The first kappa shape index (κ1) is 12.3. The molecule has 2 unspecified atom stereocenters. The van der Waals surface area contributed by atoms with Gasteiger partial charge in [0.1, 0.15) is 0 Å². The molecular weight excluding hydrogens is 200 g/mol. The molecule has 0 aromatic carbocycles. The predicted octanol–water partition coefficient (Wildman–Crippen LogP) is 1.08. The third kappa shape index (κ3) is 3.72. The summed E-state index contributed by atoms with van der Waals surface area (Å²) in [5, 5.41) is 12.6. The van der Waals surface area contributed by atoms with Crippen LogP contribution < -0.4 is 5.32 Å². The molecule has 1 aliphatic heterocycles. The highest BCUT2D eigenvalue weighted by Crippen LogP contribution is 2.29. The molecule has 2 fully saturated rings. The van der Waals surface area contributed by atoms with E-state index in [1.807, 2.05) is 0 Å². The molecule has 3 heteroatoms. The molecule has 1 saturated carbocycles. The van der Waals surface area contributed by atoms with Gasteiger partial charge < -0.3 is 10.4 Å². The van der Waals surface area contributed by atoms with E-state index in [4.69, 9.17) is 5.11 Å². The Kier molecular flexibility index (Phi) is 4.62. The maximum Gasteiger partial charge on any atom is 0.0468 e. The number of rotatable bonds is 6. The number of hydrogen-bond acceptors (Lipinski definition) is 3. The summed E-state index contributed by atoms with van der Waals surface area (Å²) in [7, 11) is 0. The molecule has 0 aromatic rings. The van der Waals surface area contributed by atoms with Crippen LogP contribution in [-0.2, 0) is 0 Å². The molecule has 2 aliphatic rings. The summed E-state index contributed by atoms with van der Waals surface area (Å²) in [6, 6.07) is 0.830. The summed E-state index contributed by atoms with van der Waals surface area (Å²) in [4.78, 5) is 2.62. The maximum atomic E-state index is 9.15. The van der Waals surface area contributed by atoms with E-state index >= 15 is 0 Å². The molecule has 1 heterocycles. The maximum absolute atomic E-state index is 9.15. The first-order chi connectivity index (χ1) is 7.79. The highest BCUT2D eigenvalue weighted by atomic mass is 16.3. The van der Waals surface area contributed by atoms with Crippen LogP contribution in [0.5, 0.6) is 0 Å². The van der Waals surface area contributed by atoms with Crippen LogP contribution in [0, 0.1) is 11.8 Å². The van der Waals surface area contributed by atoms with Gasteiger partial charge in [0.15, 0.2) is 0 Å². The fourth-order valence-corrected chi connectivity index (χ4v) is 2.68. The third-order valence-electron chi connectivity index (χ3n) is 3.81. The first-order valence-corrected chi connectivity index (χ1v) is 6.85. The summed E-state index contributed by atoms with van der Waals surface area (Å²) in [6.07, 6.45) is 5.46. The Bertz CT molecular complexity index is 200. The van der Waals surface area contributed by atoms with Gasteiger partial charge >= 0.3 is 0 Å². The molecule has 2 N–H and O–H groups in total. The SMILES string of the molecule is CC(CO)CN(CC1CCCNC1)C1CC1. The van der Waals surface area contributed by atoms with Crippen LogP contribution in [0.2, 0.25) is 0 Å². The minimum atomic E-state index is 0.326. The van der Waals surface area contributed by atoms with Crippen LogP contribution in [0.4, 0.5) is 0 Å². The predicted molar refractivity (Wildman–Crippen MR) is 66.4 cm³/mol. The minimum Gasteiger partial charge on any atom is -0.396 e. The zero-order chi connectivity index (χ0) is 11.4. The highest BCUT2D eigenvalue weighted by molar-refractivity contribution is 4.87. The highest BCUT2D eigenvalue weighted by Gasteiger charge is 2.31. The zero-order valence-electron chi connectivity index (χ0n) is 10.5. The molecule has 1 aliphatic carbocycles. The van der Waals surface area contributed by atoms with Crippen LogP contribution in [0.3, 0.4) is 0 Å². The Morgan fingerprint density at radius 1 is 1.38 bits per heavy atom. The lowest BCUT2D eigenvalue weighted by Crippen LogP contribution is -2.41. The summed E-state index contributed by atoms with van der Waals surface area (Å²) in [5.74, 6) is 1.26. The largest absolute Gasteiger partial charge is 0.396 e. The second kappa shape index (κ2) is 5.99. The van der Waals surface area contributed by atoms with Gasteiger partial charge in [0.25, 0.3) is 0 Å². The number of nitrogens with zero attached hydrogens (tertiary/aromatic N) is 1. The van der Waals surface area contributed by atoms with Gasteiger partial charge in [0, 0.05) is 25.7 Å². The van der Waals surface area contributed by atoms with E-state index in [9.17, 15) is 0 Å². The van der Waals surface area contributed by atoms with Gasteiger partial charge in [-0.3, -0.25) is 4.90 Å². The fraction of sp³-hybridized carbons (Fsp3) is 1.00. The number of hydrogen-bond donors (Lipinski definition) is 2. The van der Waals surface area contributed by atoms with E-state index in [1.165, 1.54) is 45.3 Å². The molecule has 16 heavy (non-hydrogen) atoms. The Morgan fingerprint density at radius 3 is 2.75 bits per heavy atom. The van der Waals surface area contributed by atoms with Crippen molar-refractivity contribution in [2.45, 2.75) is 38.6 Å². The number of piperidine rings is 1. The average Bonchev–Trinajstić information content (AvgIpc) is 3.13. The van der Waals surface area contributed by atoms with Crippen LogP contribution in [0.25, 0.3) is 0 Å². The quantitative estimate of drug-likeness (QED) is 0.711. The van der Waals surface area contributed by atoms with Crippen LogP contribution in [0.15, 0.2) is 0 Å². The van der Waals surface area contributed by atoms with Gasteiger partial charge in [0.2, 0.25) is 0 Å². The summed E-state index contributed by atoms with van der Waals surface area (Å²) in [5.41, 5.74) is 0. The van der Waals surface area contributed by atoms with Crippen molar-refractivity contribution in [3.63, 3.8) is 0 Å². The lowest BCUT2D eigenvalue weighted by molar-refractivity contribution is 0.144. The molecule has 3 nitrogen and oxygen atoms in total. The van der Waals surface area contributed by atoms with E-state index in [0.29, 0.717) is 12.5 Å². The Balaban J connectivity index is 1.77. The molecule has 1 saturated heterocycles. The topological polar surface area (TPSA) is 35.5 Å². The van der Waals surface area contributed by atoms with Crippen molar-refractivity contribution in [3.05, 3.63) is 0 Å². The van der Waals surface area contributed by atoms with Crippen molar-refractivity contribution in [2.24, 2.45) is 11.8 Å². The normalized spacial score (nSPS) is 28.3. The van der Waals surface area contributed by atoms with Gasteiger partial charge in [-0.2, -0.15) is 0 Å². The van der Waals surface area contributed by atoms with Crippen molar-refractivity contribution in [1.29, 1.82) is 0 Å². The van der Waals surface area contributed by atoms with Crippen LogP contribution in [-0.4, -0.2) is 48.8 Å². The Morgan fingerprint density at radius 2 is 2.19 bits per heavy atom. The lowest BCUT2D eigenvalue weighted by Gasteiger charge is -2.31. The molecule has 94 valence electrons. The minimum absolute atomic E-state index is 0.326. The smallest absolute Gasteiger partial charge is 0.0468 e. The van der Waals surface area contributed by atoms with E-state index in [0.717, 1.165) is 18.5 Å². The van der Waals surface area contributed by atoms with Crippen LogP contribution >= 0.6 is 0 Å². The zero-order valence-corrected chi connectivity index (χ0v) is 10.5. The number of aliphatic hydroxyl groups is 1. The third-order valence-corrected chi connectivity index (χ3v) is 3.81. The van der Waals surface area contributed by atoms with Crippen molar-refractivity contribution >= 4 is 0 Å². The summed E-state index contributed by atoms with van der Waals surface area (Å²) < 4.78 is 0. The van der Waals surface area contributed by atoms with Gasteiger partial charge in [-0.05, 0) is 50.6 Å². The van der Waals surface area contributed by atoms with E-state index in [2.05, 4.69) is 17.1 Å². The first-order valence-electron chi connectivity index (χ1n) is 6.85. The van der Waals surface area contributed by atoms with Gasteiger partial charge in [-0.15, -0.1) is 0 Å². The standard InChI is InChI=1S/C13H26N2O/c1-11(10-16)8-15(13-4-5-13)9-12-3-2-6-14-7-12/h11-14,16H,2-10H2,1H3. The van der Waals surface area contributed by atoms with Crippen molar-refractivity contribution in [1.82, 2.24) is 10.2 Å². The molecule has 2 atom stereocenters.